The molecule has 0 saturated carbocycles. The maximum Gasteiger partial charge on any atom is 0.322 e. The Morgan fingerprint density at radius 3 is 2.83 bits per heavy atom. The molecule has 0 bridgehead atoms. The molecular weight excluding hydrogens is 257 g/mol. The minimum Gasteiger partial charge on any atom is -0.386 e. The summed E-state index contributed by atoms with van der Waals surface area (Å²) in [5.74, 6) is -1.10. The van der Waals surface area contributed by atoms with Crippen LogP contribution >= 0.6 is 0 Å². The van der Waals surface area contributed by atoms with Gasteiger partial charge in [-0.2, -0.15) is 13.1 Å². The monoisotopic (exact) mass is 271 g/mol. The fraction of sp³-hybridized carbons (Fsp3) is 0.364. The molecule has 98 valence electrons. The number of halogens is 1. The molecule has 2 rings (SSSR count). The first kappa shape index (κ1) is 13.0. The number of rotatable bonds is 1. The molecule has 0 amide bonds. The van der Waals surface area contributed by atoms with Gasteiger partial charge in [0, 0.05) is 5.57 Å². The highest BCUT2D eigenvalue weighted by Crippen LogP contribution is 2.31. The van der Waals surface area contributed by atoms with Gasteiger partial charge in [0.15, 0.2) is 0 Å². The average Bonchev–Trinajstić information content (AvgIpc) is 2.20. The lowest BCUT2D eigenvalue weighted by atomic mass is 9.85. The van der Waals surface area contributed by atoms with Gasteiger partial charge in [0.1, 0.15) is 11.7 Å². The van der Waals surface area contributed by atoms with Crippen LogP contribution in [0.25, 0.3) is 0 Å². The van der Waals surface area contributed by atoms with Gasteiger partial charge >= 0.3 is 10.2 Å². The molecule has 2 unspecified atom stereocenters. The third-order valence-corrected chi connectivity index (χ3v) is 3.71. The van der Waals surface area contributed by atoms with Gasteiger partial charge in [-0.1, -0.05) is 17.7 Å². The summed E-state index contributed by atoms with van der Waals surface area (Å²) >= 11 is 0. The third-order valence-electron chi connectivity index (χ3n) is 2.69. The van der Waals surface area contributed by atoms with Crippen molar-refractivity contribution < 1.29 is 12.8 Å². The minimum atomic E-state index is -3.78. The van der Waals surface area contributed by atoms with Crippen molar-refractivity contribution in [2.45, 2.75) is 19.9 Å². The number of fused-ring (bicyclic) bond motifs is 1. The molecular formula is C11H14FN3O2S. The molecule has 18 heavy (non-hydrogen) atoms. The molecule has 5 nitrogen and oxygen atoms in total. The first-order chi connectivity index (χ1) is 8.30. The van der Waals surface area contributed by atoms with E-state index in [1.165, 1.54) is 12.2 Å². The van der Waals surface area contributed by atoms with Crippen molar-refractivity contribution in [2.24, 2.45) is 16.0 Å². The maximum atomic E-state index is 13.8. The molecule has 2 atom stereocenters. The Balaban J connectivity index is 2.55. The van der Waals surface area contributed by atoms with E-state index >= 15 is 0 Å². The lowest BCUT2D eigenvalue weighted by Gasteiger charge is -2.31. The van der Waals surface area contributed by atoms with Crippen LogP contribution in [0.15, 0.2) is 39.6 Å². The Kier molecular flexibility index (Phi) is 3.12. The van der Waals surface area contributed by atoms with Crippen LogP contribution in [0.4, 0.5) is 4.39 Å². The van der Waals surface area contributed by atoms with Gasteiger partial charge in [-0.25, -0.2) is 4.39 Å². The normalized spacial score (nSPS) is 29.6. The molecule has 1 aliphatic heterocycles. The highest BCUT2D eigenvalue weighted by atomic mass is 32.2. The summed E-state index contributed by atoms with van der Waals surface area (Å²) in [4.78, 5) is 0. The summed E-state index contributed by atoms with van der Waals surface area (Å²) in [6.07, 6.45) is 4.34. The second kappa shape index (κ2) is 4.33. The molecule has 0 saturated heterocycles. The number of nitrogens with two attached hydrogens (primary N) is 1. The van der Waals surface area contributed by atoms with E-state index in [1.54, 1.807) is 6.08 Å². The SMILES string of the molecule is CC(C)=CC1=C(F)C=CC2NS(=O)(=O)N=C(N)C12. The molecule has 3 N–H and O–H groups in total. The molecule has 7 heteroatoms. The number of nitrogens with one attached hydrogen (secondary N) is 1. The van der Waals surface area contributed by atoms with Crippen LogP contribution < -0.4 is 10.5 Å². The van der Waals surface area contributed by atoms with E-state index in [0.717, 1.165) is 5.57 Å². The van der Waals surface area contributed by atoms with E-state index in [-0.39, 0.29) is 5.84 Å². The van der Waals surface area contributed by atoms with Crippen molar-refractivity contribution in [1.82, 2.24) is 4.72 Å². The predicted octanol–water partition coefficient (Wildman–Crippen LogP) is 0.936. The lowest BCUT2D eigenvalue weighted by molar-refractivity contribution is 0.530. The number of hydrogen-bond acceptors (Lipinski definition) is 3. The predicted molar refractivity (Wildman–Crippen MR) is 67.7 cm³/mol. The van der Waals surface area contributed by atoms with Gasteiger partial charge in [-0.05, 0) is 19.9 Å². The highest BCUT2D eigenvalue weighted by molar-refractivity contribution is 7.88. The Labute approximate surface area is 105 Å². The first-order valence-electron chi connectivity index (χ1n) is 5.40. The zero-order valence-corrected chi connectivity index (χ0v) is 10.8. The minimum absolute atomic E-state index is 0.0919. The number of amidine groups is 1. The second-order valence-corrected chi connectivity index (χ2v) is 5.87. The van der Waals surface area contributed by atoms with Crippen LogP contribution in [-0.2, 0) is 10.2 Å². The molecule has 1 aliphatic carbocycles. The largest absolute Gasteiger partial charge is 0.386 e. The summed E-state index contributed by atoms with van der Waals surface area (Å²) in [6, 6.07) is -0.586. The number of nitrogens with zero attached hydrogens (tertiary/aromatic N) is 1. The Hall–Kier alpha value is -1.47. The van der Waals surface area contributed by atoms with Crippen molar-refractivity contribution in [3.63, 3.8) is 0 Å². The van der Waals surface area contributed by atoms with E-state index in [0.29, 0.717) is 5.57 Å². The number of allylic oxidation sites excluding steroid dienone is 4. The topological polar surface area (TPSA) is 84.5 Å². The Morgan fingerprint density at radius 1 is 1.56 bits per heavy atom. The first-order valence-corrected chi connectivity index (χ1v) is 6.84. The van der Waals surface area contributed by atoms with Crippen molar-refractivity contribution in [1.29, 1.82) is 0 Å². The summed E-state index contributed by atoms with van der Waals surface area (Å²) in [5.41, 5.74) is 6.91. The third kappa shape index (κ3) is 2.37. The van der Waals surface area contributed by atoms with E-state index in [4.69, 9.17) is 5.73 Å². The van der Waals surface area contributed by atoms with Crippen LogP contribution in [-0.4, -0.2) is 20.3 Å². The van der Waals surface area contributed by atoms with Crippen molar-refractivity contribution in [2.75, 3.05) is 0 Å². The van der Waals surface area contributed by atoms with Gasteiger partial charge in [-0.15, -0.1) is 4.40 Å². The maximum absolute atomic E-state index is 13.8. The molecule has 1 heterocycles. The zero-order chi connectivity index (χ0) is 13.5. The summed E-state index contributed by atoms with van der Waals surface area (Å²) in [7, 11) is -3.78. The van der Waals surface area contributed by atoms with Crippen LogP contribution in [0.1, 0.15) is 13.8 Å². The zero-order valence-electron chi connectivity index (χ0n) is 10.0. The van der Waals surface area contributed by atoms with Gasteiger partial charge < -0.3 is 5.73 Å². The van der Waals surface area contributed by atoms with Crippen LogP contribution in [0, 0.1) is 5.92 Å². The summed E-state index contributed by atoms with van der Waals surface area (Å²) in [6.45, 7) is 3.65. The van der Waals surface area contributed by atoms with Crippen LogP contribution in [0.3, 0.4) is 0 Å². The van der Waals surface area contributed by atoms with E-state index < -0.39 is 28.0 Å². The lowest BCUT2D eigenvalue weighted by Crippen LogP contribution is -2.50. The van der Waals surface area contributed by atoms with Crippen molar-refractivity contribution in [3.8, 4) is 0 Å². The van der Waals surface area contributed by atoms with Crippen molar-refractivity contribution >= 4 is 16.0 Å². The van der Waals surface area contributed by atoms with Crippen molar-refractivity contribution in [3.05, 3.63) is 35.2 Å². The Bertz CT molecular complexity index is 598. The van der Waals surface area contributed by atoms with Crippen LogP contribution in [0.5, 0.6) is 0 Å². The van der Waals surface area contributed by atoms with Gasteiger partial charge in [-0.3, -0.25) is 0 Å². The Morgan fingerprint density at radius 2 is 2.22 bits per heavy atom. The van der Waals surface area contributed by atoms with Gasteiger partial charge in [0.05, 0.1) is 12.0 Å². The average molecular weight is 271 g/mol. The molecule has 0 aromatic heterocycles. The van der Waals surface area contributed by atoms with E-state index in [9.17, 15) is 12.8 Å². The fourth-order valence-corrected chi connectivity index (χ4v) is 3.05. The summed E-state index contributed by atoms with van der Waals surface area (Å²) < 4.78 is 42.3. The molecule has 0 aromatic carbocycles. The molecule has 0 aromatic rings. The quantitative estimate of drug-likeness (QED) is 0.744. The van der Waals surface area contributed by atoms with Crippen LogP contribution in [0.2, 0.25) is 0 Å². The molecule has 0 radical (unpaired) electrons. The molecule has 0 spiro atoms. The van der Waals surface area contributed by atoms with E-state index in [1.807, 2.05) is 13.8 Å². The molecule has 2 aliphatic rings. The summed E-state index contributed by atoms with van der Waals surface area (Å²) in [5, 5.41) is 0. The van der Waals surface area contributed by atoms with Gasteiger partial charge in [0.2, 0.25) is 0 Å². The standard InChI is InChI=1S/C11H14FN3O2S/c1-6(2)5-7-8(12)3-4-9-10(7)11(13)15-18(16,17)14-9/h3-5,9-10,14H,1-2H3,(H2,13,15). The number of hydrogen-bond donors (Lipinski definition) is 2. The smallest absolute Gasteiger partial charge is 0.322 e. The highest BCUT2D eigenvalue weighted by Gasteiger charge is 2.37. The van der Waals surface area contributed by atoms with E-state index in [2.05, 4.69) is 9.12 Å². The second-order valence-electron chi connectivity index (χ2n) is 4.50. The molecule has 0 fully saturated rings. The fourth-order valence-electron chi connectivity index (χ4n) is 2.05. The van der Waals surface area contributed by atoms with Gasteiger partial charge in [0.25, 0.3) is 0 Å².